The molecule has 0 bridgehead atoms. The van der Waals surface area contributed by atoms with Crippen LogP contribution in [0.15, 0.2) is 30.6 Å². The Labute approximate surface area is 153 Å². The summed E-state index contributed by atoms with van der Waals surface area (Å²) in [6.45, 7) is 1.61. The van der Waals surface area contributed by atoms with Crippen LogP contribution >= 0.6 is 0 Å². The predicted octanol–water partition coefficient (Wildman–Crippen LogP) is 1.57. The summed E-state index contributed by atoms with van der Waals surface area (Å²) in [5.74, 6) is -0.0106. The largest absolute Gasteiger partial charge is 0.382 e. The van der Waals surface area contributed by atoms with Crippen LogP contribution < -0.4 is 5.32 Å². The van der Waals surface area contributed by atoms with Crippen molar-refractivity contribution in [2.24, 2.45) is 0 Å². The van der Waals surface area contributed by atoms with Gasteiger partial charge in [-0.1, -0.05) is 12.1 Å². The molecule has 1 aromatic heterocycles. The lowest BCUT2D eigenvalue weighted by atomic mass is 9.92. The molecule has 0 aliphatic carbocycles. The Morgan fingerprint density at radius 2 is 2.15 bits per heavy atom. The molecule has 1 N–H and O–H groups in total. The lowest BCUT2D eigenvalue weighted by molar-refractivity contribution is -0.139. The second-order valence-electron chi connectivity index (χ2n) is 6.83. The molecule has 7 nitrogen and oxygen atoms in total. The Morgan fingerprint density at radius 1 is 1.35 bits per heavy atom. The molecule has 0 radical (unpaired) electrons. The van der Waals surface area contributed by atoms with Gasteiger partial charge in [0, 0.05) is 33.7 Å². The van der Waals surface area contributed by atoms with E-state index in [0.717, 1.165) is 23.9 Å². The fraction of sp³-hybridized carbons (Fsp3) is 0.526. The number of carbonyl (C=O) groups excluding carboxylic acids is 2. The quantitative estimate of drug-likeness (QED) is 0.815. The molecule has 1 fully saturated rings. The zero-order chi connectivity index (χ0) is 18.6. The number of fused-ring (bicyclic) bond motifs is 1. The van der Waals surface area contributed by atoms with Gasteiger partial charge in [-0.25, -0.2) is 4.98 Å². The highest BCUT2D eigenvalue weighted by atomic mass is 16.5. The third-order valence-electron chi connectivity index (χ3n) is 5.17. The highest BCUT2D eigenvalue weighted by Crippen LogP contribution is 2.33. The third-order valence-corrected chi connectivity index (χ3v) is 5.17. The van der Waals surface area contributed by atoms with Gasteiger partial charge in [0.05, 0.1) is 35.9 Å². The number of para-hydroxylation sites is 2. The van der Waals surface area contributed by atoms with Crippen LogP contribution in [0.3, 0.4) is 0 Å². The lowest BCUT2D eigenvalue weighted by Gasteiger charge is -2.37. The Kier molecular flexibility index (Phi) is 5.56. The first-order valence-corrected chi connectivity index (χ1v) is 8.99. The molecule has 1 aliphatic heterocycles. The first-order valence-electron chi connectivity index (χ1n) is 8.99. The van der Waals surface area contributed by atoms with Crippen molar-refractivity contribution in [1.82, 2.24) is 19.8 Å². The van der Waals surface area contributed by atoms with Crippen LogP contribution in [0.25, 0.3) is 11.0 Å². The van der Waals surface area contributed by atoms with Gasteiger partial charge in [0.2, 0.25) is 11.8 Å². The summed E-state index contributed by atoms with van der Waals surface area (Å²) in [5, 5.41) is 2.66. The van der Waals surface area contributed by atoms with E-state index >= 15 is 0 Å². The Balaban J connectivity index is 1.71. The standard InChI is InChI=1S/C19H26N4O3/c1-20-17(24)12-19(13-26-2)9-5-10-23(19)18(25)8-11-22-14-21-15-6-3-4-7-16(15)22/h3-4,6-7,14H,5,8-13H2,1-2H3,(H,20,24). The van der Waals surface area contributed by atoms with E-state index in [1.165, 1.54) is 0 Å². The molecule has 3 rings (SSSR count). The Morgan fingerprint density at radius 3 is 2.92 bits per heavy atom. The monoisotopic (exact) mass is 358 g/mol. The van der Waals surface area contributed by atoms with Gasteiger partial charge < -0.3 is 19.5 Å². The average molecular weight is 358 g/mol. The molecule has 2 aromatic rings. The maximum absolute atomic E-state index is 12.9. The number of imidazole rings is 1. The van der Waals surface area contributed by atoms with Crippen LogP contribution in [0, 0.1) is 0 Å². The Hall–Kier alpha value is -2.41. The van der Waals surface area contributed by atoms with E-state index in [1.807, 2.05) is 33.7 Å². The zero-order valence-electron chi connectivity index (χ0n) is 15.4. The minimum Gasteiger partial charge on any atom is -0.382 e. The number of aryl methyl sites for hydroxylation is 1. The van der Waals surface area contributed by atoms with Crippen molar-refractivity contribution in [1.29, 1.82) is 0 Å². The molecule has 0 saturated carbocycles. The van der Waals surface area contributed by atoms with E-state index in [2.05, 4.69) is 10.3 Å². The minimum absolute atomic E-state index is 0.0567. The summed E-state index contributed by atoms with van der Waals surface area (Å²) in [5.41, 5.74) is 1.41. The number of nitrogens with one attached hydrogen (secondary N) is 1. The number of methoxy groups -OCH3 is 1. The molecular formula is C19H26N4O3. The second-order valence-corrected chi connectivity index (χ2v) is 6.83. The van der Waals surface area contributed by atoms with E-state index in [4.69, 9.17) is 4.74 Å². The van der Waals surface area contributed by atoms with Crippen molar-refractivity contribution in [3.63, 3.8) is 0 Å². The molecule has 0 spiro atoms. The van der Waals surface area contributed by atoms with E-state index < -0.39 is 5.54 Å². The maximum atomic E-state index is 12.9. The maximum Gasteiger partial charge on any atom is 0.224 e. The van der Waals surface area contributed by atoms with Crippen molar-refractivity contribution in [3.8, 4) is 0 Å². The Bertz CT molecular complexity index is 788. The number of nitrogens with zero attached hydrogens (tertiary/aromatic N) is 3. The molecule has 140 valence electrons. The number of hydrogen-bond donors (Lipinski definition) is 1. The van der Waals surface area contributed by atoms with Gasteiger partial charge in [0.1, 0.15) is 0 Å². The van der Waals surface area contributed by atoms with Crippen molar-refractivity contribution in [2.75, 3.05) is 27.3 Å². The molecular weight excluding hydrogens is 332 g/mol. The summed E-state index contributed by atoms with van der Waals surface area (Å²) < 4.78 is 7.37. The van der Waals surface area contributed by atoms with Crippen molar-refractivity contribution < 1.29 is 14.3 Å². The number of carbonyl (C=O) groups is 2. The topological polar surface area (TPSA) is 76.5 Å². The molecule has 26 heavy (non-hydrogen) atoms. The molecule has 7 heteroatoms. The van der Waals surface area contributed by atoms with Crippen LogP contribution in [-0.4, -0.2) is 59.1 Å². The van der Waals surface area contributed by atoms with Crippen LogP contribution in [0.1, 0.15) is 25.7 Å². The fourth-order valence-corrected chi connectivity index (χ4v) is 3.91. The molecule has 1 unspecified atom stereocenters. The van der Waals surface area contributed by atoms with Crippen molar-refractivity contribution in [3.05, 3.63) is 30.6 Å². The summed E-state index contributed by atoms with van der Waals surface area (Å²) in [6.07, 6.45) is 4.10. The number of amides is 2. The highest BCUT2D eigenvalue weighted by molar-refractivity contribution is 5.81. The molecule has 2 heterocycles. The number of aromatic nitrogens is 2. The van der Waals surface area contributed by atoms with Crippen LogP contribution in [0.2, 0.25) is 0 Å². The van der Waals surface area contributed by atoms with Gasteiger partial charge >= 0.3 is 0 Å². The smallest absolute Gasteiger partial charge is 0.224 e. The summed E-state index contributed by atoms with van der Waals surface area (Å²) in [7, 11) is 3.23. The summed E-state index contributed by atoms with van der Waals surface area (Å²) in [6, 6.07) is 7.88. The van der Waals surface area contributed by atoms with E-state index in [9.17, 15) is 9.59 Å². The zero-order valence-corrected chi connectivity index (χ0v) is 15.4. The normalized spacial score (nSPS) is 19.8. The lowest BCUT2D eigenvalue weighted by Crippen LogP contribution is -2.53. The van der Waals surface area contributed by atoms with Crippen molar-refractivity contribution >= 4 is 22.8 Å². The molecule has 1 aromatic carbocycles. The van der Waals surface area contributed by atoms with Crippen LogP contribution in [0.5, 0.6) is 0 Å². The second kappa shape index (κ2) is 7.86. The van der Waals surface area contributed by atoms with Gasteiger partial charge in [-0.05, 0) is 25.0 Å². The van der Waals surface area contributed by atoms with E-state index in [1.54, 1.807) is 20.5 Å². The van der Waals surface area contributed by atoms with Gasteiger partial charge in [-0.2, -0.15) is 0 Å². The first kappa shape index (κ1) is 18.4. The summed E-state index contributed by atoms with van der Waals surface area (Å²) >= 11 is 0. The van der Waals surface area contributed by atoms with E-state index in [-0.39, 0.29) is 18.2 Å². The fourth-order valence-electron chi connectivity index (χ4n) is 3.91. The molecule has 1 saturated heterocycles. The number of likely N-dealkylation sites (tertiary alicyclic amines) is 1. The highest BCUT2D eigenvalue weighted by Gasteiger charge is 2.44. The number of rotatable bonds is 7. The van der Waals surface area contributed by atoms with Gasteiger partial charge in [0.25, 0.3) is 0 Å². The SMILES string of the molecule is CNC(=O)CC1(COC)CCCN1C(=O)CCn1cnc2ccccc21. The predicted molar refractivity (Wildman–Crippen MR) is 98.6 cm³/mol. The number of hydrogen-bond acceptors (Lipinski definition) is 4. The first-order chi connectivity index (χ1) is 12.6. The third kappa shape index (κ3) is 3.58. The average Bonchev–Trinajstić information content (AvgIpc) is 3.24. The number of benzene rings is 1. The minimum atomic E-state index is -0.539. The van der Waals surface area contributed by atoms with Crippen LogP contribution in [-0.2, 0) is 20.9 Å². The van der Waals surface area contributed by atoms with Gasteiger partial charge in [-0.3, -0.25) is 9.59 Å². The van der Waals surface area contributed by atoms with Crippen LogP contribution in [0.4, 0.5) is 0 Å². The van der Waals surface area contributed by atoms with Gasteiger partial charge in [0.15, 0.2) is 0 Å². The number of ether oxygens (including phenoxy) is 1. The van der Waals surface area contributed by atoms with Gasteiger partial charge in [-0.15, -0.1) is 0 Å². The molecule has 1 atom stereocenters. The van der Waals surface area contributed by atoms with E-state index in [0.29, 0.717) is 26.1 Å². The molecule has 2 amide bonds. The van der Waals surface area contributed by atoms with Crippen molar-refractivity contribution in [2.45, 2.75) is 37.8 Å². The summed E-state index contributed by atoms with van der Waals surface area (Å²) in [4.78, 5) is 31.2. The molecule has 1 aliphatic rings.